The second-order valence-electron chi connectivity index (χ2n) is 3.40. The van der Waals surface area contributed by atoms with E-state index >= 15 is 0 Å². The Morgan fingerprint density at radius 3 is 2.47 bits per heavy atom. The lowest BCUT2D eigenvalue weighted by atomic mass is 9.99. The number of rotatable bonds is 6. The van der Waals surface area contributed by atoms with Gasteiger partial charge in [0.05, 0.1) is 12.2 Å². The fourth-order valence-electron chi connectivity index (χ4n) is 1.19. The molecule has 0 aliphatic carbocycles. The van der Waals surface area contributed by atoms with Gasteiger partial charge in [-0.25, -0.2) is 0 Å². The van der Waals surface area contributed by atoms with Crippen molar-refractivity contribution in [1.82, 2.24) is 0 Å². The average molecular weight is 215 g/mol. The van der Waals surface area contributed by atoms with Crippen LogP contribution in [0, 0.1) is 0 Å². The number of ether oxygens (including phenoxy) is 2. The van der Waals surface area contributed by atoms with Crippen molar-refractivity contribution >= 4 is 5.97 Å². The molecule has 0 radical (unpaired) electrons. The highest BCUT2D eigenvalue weighted by atomic mass is 16.5. The van der Waals surface area contributed by atoms with Crippen LogP contribution in [-0.2, 0) is 14.3 Å². The first-order chi connectivity index (χ1) is 6.99. The highest BCUT2D eigenvalue weighted by Gasteiger charge is 2.36. The third-order valence-electron chi connectivity index (χ3n) is 1.85. The van der Waals surface area contributed by atoms with E-state index in [-0.39, 0.29) is 6.61 Å². The molecule has 15 heavy (non-hydrogen) atoms. The normalized spacial score (nSPS) is 12.8. The quantitative estimate of drug-likeness (QED) is 0.294. The molecule has 0 aromatic carbocycles. The monoisotopic (exact) mass is 215 g/mol. The molecule has 0 N–H and O–H groups in total. The van der Waals surface area contributed by atoms with Crippen molar-refractivity contribution < 1.29 is 14.3 Å². The molecule has 6 nitrogen and oxygen atoms in total. The highest BCUT2D eigenvalue weighted by molar-refractivity contribution is 5.77. The Kier molecular flexibility index (Phi) is 5.74. The molecule has 0 amide bonds. The molecule has 0 aliphatic heterocycles. The third kappa shape index (κ3) is 4.18. The summed E-state index contributed by atoms with van der Waals surface area (Å²) in [5.41, 5.74) is 7.53. The first-order valence-electron chi connectivity index (χ1n) is 4.84. The summed E-state index contributed by atoms with van der Waals surface area (Å²) in [6, 6.07) is -0.956. The van der Waals surface area contributed by atoms with Crippen molar-refractivity contribution in [2.24, 2.45) is 5.11 Å². The minimum Gasteiger partial charge on any atom is -0.466 e. The summed E-state index contributed by atoms with van der Waals surface area (Å²) < 4.78 is 10.2. The summed E-state index contributed by atoms with van der Waals surface area (Å²) in [5.74, 6) is -0.561. The highest BCUT2D eigenvalue weighted by Crippen LogP contribution is 2.19. The fraction of sp³-hybridized carbons (Fsp3) is 0.889. The van der Waals surface area contributed by atoms with Crippen LogP contribution in [0.2, 0.25) is 0 Å². The molecule has 0 saturated heterocycles. The summed E-state index contributed by atoms with van der Waals surface area (Å²) in [6.07, 6.45) is 0. The van der Waals surface area contributed by atoms with Gasteiger partial charge in [0.15, 0.2) is 6.04 Å². The Balaban J connectivity index is 4.78. The van der Waals surface area contributed by atoms with Crippen molar-refractivity contribution in [3.8, 4) is 0 Å². The lowest BCUT2D eigenvalue weighted by Gasteiger charge is -2.29. The molecule has 0 bridgehead atoms. The molecule has 0 aromatic rings. The minimum atomic E-state index is -0.956. The molecule has 0 aliphatic rings. The maximum atomic E-state index is 11.5. The van der Waals surface area contributed by atoms with Crippen molar-refractivity contribution in [2.75, 3.05) is 13.2 Å². The number of hydrogen-bond donors (Lipinski definition) is 0. The SMILES string of the molecule is CCOC(=O)C(N=[N+]=[N-])C(C)(C)OCC. The third-order valence-corrected chi connectivity index (χ3v) is 1.85. The van der Waals surface area contributed by atoms with Gasteiger partial charge in [-0.3, -0.25) is 4.79 Å². The van der Waals surface area contributed by atoms with E-state index < -0.39 is 17.6 Å². The molecule has 0 aromatic heterocycles. The second kappa shape index (κ2) is 6.27. The van der Waals surface area contributed by atoms with Crippen molar-refractivity contribution in [1.29, 1.82) is 0 Å². The Bertz CT molecular complexity index is 259. The van der Waals surface area contributed by atoms with Gasteiger partial charge < -0.3 is 9.47 Å². The molecular formula is C9H17N3O3. The molecule has 1 atom stereocenters. The van der Waals surface area contributed by atoms with Crippen molar-refractivity contribution in [2.45, 2.75) is 39.3 Å². The van der Waals surface area contributed by atoms with Crippen LogP contribution < -0.4 is 0 Å². The molecule has 86 valence electrons. The summed E-state index contributed by atoms with van der Waals surface area (Å²) >= 11 is 0. The van der Waals surface area contributed by atoms with Crippen molar-refractivity contribution in [3.63, 3.8) is 0 Å². The Morgan fingerprint density at radius 2 is 2.07 bits per heavy atom. The second-order valence-corrected chi connectivity index (χ2v) is 3.40. The number of esters is 1. The van der Waals surface area contributed by atoms with Crippen LogP contribution in [0.5, 0.6) is 0 Å². The van der Waals surface area contributed by atoms with Gasteiger partial charge in [-0.15, -0.1) is 0 Å². The number of hydrogen-bond acceptors (Lipinski definition) is 4. The van der Waals surface area contributed by atoms with E-state index in [1.807, 2.05) is 0 Å². The minimum absolute atomic E-state index is 0.248. The summed E-state index contributed by atoms with van der Waals surface area (Å²) in [6.45, 7) is 7.56. The van der Waals surface area contributed by atoms with Gasteiger partial charge in [0.25, 0.3) is 0 Å². The van der Waals surface area contributed by atoms with Gasteiger partial charge in [-0.05, 0) is 33.2 Å². The van der Waals surface area contributed by atoms with E-state index in [2.05, 4.69) is 10.0 Å². The van der Waals surface area contributed by atoms with Crippen LogP contribution in [0.15, 0.2) is 5.11 Å². The van der Waals surface area contributed by atoms with E-state index in [1.165, 1.54) is 0 Å². The predicted molar refractivity (Wildman–Crippen MR) is 55.3 cm³/mol. The number of nitrogens with zero attached hydrogens (tertiary/aromatic N) is 3. The Labute approximate surface area is 89.2 Å². The number of azide groups is 1. The van der Waals surface area contributed by atoms with E-state index in [0.29, 0.717) is 6.61 Å². The first-order valence-corrected chi connectivity index (χ1v) is 4.84. The van der Waals surface area contributed by atoms with Crippen LogP contribution in [0.3, 0.4) is 0 Å². The fourth-order valence-corrected chi connectivity index (χ4v) is 1.19. The zero-order valence-corrected chi connectivity index (χ0v) is 9.56. The van der Waals surface area contributed by atoms with Crippen LogP contribution in [0.4, 0.5) is 0 Å². The lowest BCUT2D eigenvalue weighted by molar-refractivity contribution is -0.152. The van der Waals surface area contributed by atoms with Gasteiger partial charge in [0.1, 0.15) is 0 Å². The average Bonchev–Trinajstić information content (AvgIpc) is 2.14. The van der Waals surface area contributed by atoms with E-state index in [4.69, 9.17) is 15.0 Å². The standard InChI is InChI=1S/C9H17N3O3/c1-5-14-8(13)7(11-12-10)9(3,4)15-6-2/h7H,5-6H2,1-4H3. The molecule has 0 rings (SSSR count). The summed E-state index contributed by atoms with van der Waals surface area (Å²) in [7, 11) is 0. The van der Waals surface area contributed by atoms with Crippen molar-refractivity contribution in [3.05, 3.63) is 10.4 Å². The Morgan fingerprint density at radius 1 is 1.47 bits per heavy atom. The zero-order valence-electron chi connectivity index (χ0n) is 9.56. The lowest BCUT2D eigenvalue weighted by Crippen LogP contribution is -2.44. The smallest absolute Gasteiger partial charge is 0.317 e. The van der Waals surface area contributed by atoms with Gasteiger partial charge >= 0.3 is 5.97 Å². The van der Waals surface area contributed by atoms with Crippen LogP contribution >= 0.6 is 0 Å². The van der Waals surface area contributed by atoms with Crippen LogP contribution in [0.25, 0.3) is 10.4 Å². The van der Waals surface area contributed by atoms with Gasteiger partial charge in [0.2, 0.25) is 0 Å². The Hall–Kier alpha value is -1.26. The molecule has 0 heterocycles. The zero-order chi connectivity index (χ0) is 11.9. The maximum Gasteiger partial charge on any atom is 0.317 e. The van der Waals surface area contributed by atoms with Gasteiger partial charge in [-0.1, -0.05) is 5.11 Å². The summed E-state index contributed by atoms with van der Waals surface area (Å²) in [4.78, 5) is 14.1. The molecule has 1 unspecified atom stereocenters. The molecule has 0 spiro atoms. The van der Waals surface area contributed by atoms with E-state index in [1.54, 1.807) is 27.7 Å². The van der Waals surface area contributed by atoms with E-state index in [0.717, 1.165) is 0 Å². The number of carbonyl (C=O) groups is 1. The molecule has 6 heteroatoms. The van der Waals surface area contributed by atoms with Crippen LogP contribution in [0.1, 0.15) is 27.7 Å². The molecule has 0 saturated carbocycles. The topological polar surface area (TPSA) is 84.3 Å². The van der Waals surface area contributed by atoms with Gasteiger partial charge in [0, 0.05) is 11.5 Å². The number of carbonyl (C=O) groups excluding carboxylic acids is 1. The first kappa shape index (κ1) is 13.7. The molecular weight excluding hydrogens is 198 g/mol. The maximum absolute atomic E-state index is 11.5. The largest absolute Gasteiger partial charge is 0.466 e. The molecule has 0 fully saturated rings. The van der Waals surface area contributed by atoms with Gasteiger partial charge in [-0.2, -0.15) is 0 Å². The van der Waals surface area contributed by atoms with E-state index in [9.17, 15) is 4.79 Å². The van der Waals surface area contributed by atoms with Crippen LogP contribution in [-0.4, -0.2) is 30.8 Å². The predicted octanol–water partition coefficient (Wildman–Crippen LogP) is 2.04. The summed E-state index contributed by atoms with van der Waals surface area (Å²) in [5, 5.41) is 3.41.